The van der Waals surface area contributed by atoms with Gasteiger partial charge in [-0.15, -0.1) is 0 Å². The lowest BCUT2D eigenvalue weighted by atomic mass is 10.0. The maximum absolute atomic E-state index is 12.3. The molecule has 3 aromatic rings. The summed E-state index contributed by atoms with van der Waals surface area (Å²) in [6, 6.07) is 13.9. The lowest BCUT2D eigenvalue weighted by molar-refractivity contribution is -0.147. The number of benzene rings is 2. The van der Waals surface area contributed by atoms with Gasteiger partial charge in [0.2, 0.25) is 0 Å². The zero-order valence-corrected chi connectivity index (χ0v) is 17.6. The molecule has 3 rings (SSSR count). The van der Waals surface area contributed by atoms with Crippen molar-refractivity contribution < 1.29 is 28.6 Å². The fourth-order valence-corrected chi connectivity index (χ4v) is 3.19. The first-order chi connectivity index (χ1) is 14.9. The second kappa shape index (κ2) is 9.84. The molecule has 0 saturated carbocycles. The van der Waals surface area contributed by atoms with Crippen molar-refractivity contribution >= 4 is 28.6 Å². The predicted octanol–water partition coefficient (Wildman–Crippen LogP) is 4.04. The summed E-state index contributed by atoms with van der Waals surface area (Å²) in [6.07, 6.45) is 0.419. The highest BCUT2D eigenvalue weighted by atomic mass is 16.6. The molecule has 0 spiro atoms. The van der Waals surface area contributed by atoms with Crippen LogP contribution < -0.4 is 4.74 Å². The van der Waals surface area contributed by atoms with Gasteiger partial charge in [0, 0.05) is 17.4 Å². The zero-order valence-electron chi connectivity index (χ0n) is 17.6. The SMILES string of the molecule is CCC(=O)c1ccc(OCC(=O)OCc2nc3ccccc3c(C)c2C(=O)OC)cc1. The van der Waals surface area contributed by atoms with Crippen LogP contribution in [0, 0.1) is 6.92 Å². The number of aryl methyl sites for hydroxylation is 1. The minimum absolute atomic E-state index is 0.0329. The van der Waals surface area contributed by atoms with Crippen LogP contribution in [-0.4, -0.2) is 36.4 Å². The number of ether oxygens (including phenoxy) is 3. The molecular weight excluding hydrogens is 398 g/mol. The second-order valence-electron chi connectivity index (χ2n) is 6.82. The van der Waals surface area contributed by atoms with Gasteiger partial charge in [-0.25, -0.2) is 14.6 Å². The van der Waals surface area contributed by atoms with Crippen LogP contribution in [0.4, 0.5) is 0 Å². The largest absolute Gasteiger partial charge is 0.482 e. The molecule has 7 heteroatoms. The van der Waals surface area contributed by atoms with Crippen LogP contribution in [0.3, 0.4) is 0 Å². The molecule has 1 heterocycles. The number of carbonyl (C=O) groups is 3. The van der Waals surface area contributed by atoms with Gasteiger partial charge in [0.15, 0.2) is 12.4 Å². The van der Waals surface area contributed by atoms with Gasteiger partial charge in [-0.2, -0.15) is 0 Å². The summed E-state index contributed by atoms with van der Waals surface area (Å²) in [5.41, 5.74) is 2.59. The Morgan fingerprint density at radius 3 is 2.39 bits per heavy atom. The Balaban J connectivity index is 1.68. The van der Waals surface area contributed by atoms with E-state index in [-0.39, 0.29) is 24.6 Å². The van der Waals surface area contributed by atoms with E-state index >= 15 is 0 Å². The Labute approximate surface area is 179 Å². The molecule has 7 nitrogen and oxygen atoms in total. The smallest absolute Gasteiger partial charge is 0.344 e. The van der Waals surface area contributed by atoms with Gasteiger partial charge in [0.05, 0.1) is 23.9 Å². The van der Waals surface area contributed by atoms with Crippen molar-refractivity contribution in [1.29, 1.82) is 0 Å². The van der Waals surface area contributed by atoms with E-state index in [2.05, 4.69) is 4.98 Å². The van der Waals surface area contributed by atoms with Crippen molar-refractivity contribution in [3.8, 4) is 5.75 Å². The van der Waals surface area contributed by atoms with E-state index in [4.69, 9.17) is 14.2 Å². The van der Waals surface area contributed by atoms with Crippen molar-refractivity contribution in [1.82, 2.24) is 4.98 Å². The van der Waals surface area contributed by atoms with Crippen LogP contribution in [0.15, 0.2) is 48.5 Å². The van der Waals surface area contributed by atoms with Crippen LogP contribution >= 0.6 is 0 Å². The van der Waals surface area contributed by atoms with Crippen LogP contribution in [0.2, 0.25) is 0 Å². The summed E-state index contributed by atoms with van der Waals surface area (Å²) in [4.78, 5) is 40.6. The Bertz CT molecular complexity index is 1120. The summed E-state index contributed by atoms with van der Waals surface area (Å²) in [7, 11) is 1.29. The van der Waals surface area contributed by atoms with Crippen molar-refractivity contribution in [3.05, 3.63) is 70.9 Å². The molecule has 0 atom stereocenters. The Hall–Kier alpha value is -3.74. The van der Waals surface area contributed by atoms with E-state index in [1.165, 1.54) is 7.11 Å². The lowest BCUT2D eigenvalue weighted by Gasteiger charge is -2.13. The molecule has 0 fully saturated rings. The van der Waals surface area contributed by atoms with E-state index in [0.29, 0.717) is 34.5 Å². The minimum atomic E-state index is -0.614. The summed E-state index contributed by atoms with van der Waals surface area (Å²) in [6.45, 7) is 3.08. The Morgan fingerprint density at radius 2 is 1.71 bits per heavy atom. The number of esters is 2. The summed E-state index contributed by atoms with van der Waals surface area (Å²) in [5, 5.41) is 0.825. The average Bonchev–Trinajstić information content (AvgIpc) is 2.80. The molecule has 31 heavy (non-hydrogen) atoms. The normalized spacial score (nSPS) is 10.5. The van der Waals surface area contributed by atoms with E-state index < -0.39 is 11.9 Å². The highest BCUT2D eigenvalue weighted by molar-refractivity contribution is 5.98. The van der Waals surface area contributed by atoms with E-state index in [9.17, 15) is 14.4 Å². The highest BCUT2D eigenvalue weighted by Gasteiger charge is 2.20. The fourth-order valence-electron chi connectivity index (χ4n) is 3.19. The third-order valence-electron chi connectivity index (χ3n) is 4.84. The third-order valence-corrected chi connectivity index (χ3v) is 4.84. The molecule has 0 amide bonds. The minimum Gasteiger partial charge on any atom is -0.482 e. The fraction of sp³-hybridized carbons (Fsp3) is 0.250. The van der Waals surface area contributed by atoms with Crippen LogP contribution in [0.1, 0.15) is 45.3 Å². The number of fused-ring (bicyclic) bond motifs is 1. The number of ketones is 1. The molecule has 0 aliphatic carbocycles. The van der Waals surface area contributed by atoms with Crippen LogP contribution in [0.25, 0.3) is 10.9 Å². The number of nitrogens with zero attached hydrogens (tertiary/aromatic N) is 1. The van der Waals surface area contributed by atoms with E-state index in [1.54, 1.807) is 38.1 Å². The van der Waals surface area contributed by atoms with Crippen molar-refractivity contribution in [3.63, 3.8) is 0 Å². The first-order valence-electron chi connectivity index (χ1n) is 9.82. The molecule has 0 bridgehead atoms. The van der Waals surface area contributed by atoms with Gasteiger partial charge in [-0.05, 0) is 42.8 Å². The number of para-hydroxylation sites is 1. The lowest BCUT2D eigenvalue weighted by Crippen LogP contribution is -2.17. The van der Waals surface area contributed by atoms with E-state index in [1.807, 2.05) is 24.3 Å². The molecule has 0 aliphatic rings. The van der Waals surface area contributed by atoms with Crippen LogP contribution in [0.5, 0.6) is 5.75 Å². The number of carbonyl (C=O) groups excluding carboxylic acids is 3. The molecule has 0 aliphatic heterocycles. The van der Waals surface area contributed by atoms with Crippen LogP contribution in [-0.2, 0) is 20.9 Å². The molecule has 160 valence electrons. The predicted molar refractivity (Wildman–Crippen MR) is 114 cm³/mol. The van der Waals surface area contributed by atoms with Gasteiger partial charge in [0.25, 0.3) is 0 Å². The standard InChI is InChI=1S/C24H23NO6/c1-4-21(26)16-9-11-17(12-10-16)30-14-22(27)31-13-20-23(24(28)29-3)15(2)18-7-5-6-8-19(18)25-20/h5-12H,4,13-14H2,1-3H3. The summed E-state index contributed by atoms with van der Waals surface area (Å²) in [5.74, 6) is -0.679. The number of hydrogen-bond acceptors (Lipinski definition) is 7. The molecule has 0 radical (unpaired) electrons. The van der Waals surface area contributed by atoms with Crippen molar-refractivity contribution in [2.45, 2.75) is 26.9 Å². The highest BCUT2D eigenvalue weighted by Crippen LogP contribution is 2.24. The maximum Gasteiger partial charge on any atom is 0.344 e. The van der Waals surface area contributed by atoms with Gasteiger partial charge >= 0.3 is 11.9 Å². The number of methoxy groups -OCH3 is 1. The Kier molecular flexibility index (Phi) is 6.97. The van der Waals surface area contributed by atoms with Crippen molar-refractivity contribution in [2.24, 2.45) is 0 Å². The monoisotopic (exact) mass is 421 g/mol. The van der Waals surface area contributed by atoms with Crippen molar-refractivity contribution in [2.75, 3.05) is 13.7 Å². The average molecular weight is 421 g/mol. The van der Waals surface area contributed by atoms with Gasteiger partial charge in [-0.1, -0.05) is 25.1 Å². The Morgan fingerprint density at radius 1 is 1.00 bits per heavy atom. The molecule has 1 aromatic heterocycles. The summed E-state index contributed by atoms with van der Waals surface area (Å²) < 4.78 is 15.6. The number of pyridine rings is 1. The topological polar surface area (TPSA) is 91.8 Å². The maximum atomic E-state index is 12.3. The molecule has 0 N–H and O–H groups in total. The number of hydrogen-bond donors (Lipinski definition) is 0. The first-order valence-corrected chi connectivity index (χ1v) is 9.82. The van der Waals surface area contributed by atoms with E-state index in [0.717, 1.165) is 5.39 Å². The number of rotatable bonds is 8. The number of aromatic nitrogens is 1. The number of Topliss-reactive ketones (excluding diaryl/α,β-unsaturated/α-hetero) is 1. The summed E-state index contributed by atoms with van der Waals surface area (Å²) >= 11 is 0. The second-order valence-corrected chi connectivity index (χ2v) is 6.82. The molecular formula is C24H23NO6. The molecule has 2 aromatic carbocycles. The quantitative estimate of drug-likeness (QED) is 0.400. The van der Waals surface area contributed by atoms with Gasteiger partial charge < -0.3 is 14.2 Å². The third kappa shape index (κ3) is 5.06. The zero-order chi connectivity index (χ0) is 22.4. The van der Waals surface area contributed by atoms with Gasteiger partial charge in [-0.3, -0.25) is 4.79 Å². The molecule has 0 saturated heterocycles. The first kappa shape index (κ1) is 22.0. The molecule has 0 unspecified atom stereocenters. The van der Waals surface area contributed by atoms with Gasteiger partial charge in [0.1, 0.15) is 12.4 Å².